The summed E-state index contributed by atoms with van der Waals surface area (Å²) in [6, 6.07) is 11.0. The summed E-state index contributed by atoms with van der Waals surface area (Å²) >= 11 is 0. The van der Waals surface area contributed by atoms with Gasteiger partial charge in [0.1, 0.15) is 11.7 Å². The van der Waals surface area contributed by atoms with Gasteiger partial charge >= 0.3 is 0 Å². The van der Waals surface area contributed by atoms with E-state index in [0.29, 0.717) is 22.6 Å². The van der Waals surface area contributed by atoms with Gasteiger partial charge in [-0.2, -0.15) is 10.5 Å². The minimum absolute atomic E-state index is 0.334. The Morgan fingerprint density at radius 3 is 2.38 bits per heavy atom. The Hall–Kier alpha value is -2.99. The first-order valence-electron chi connectivity index (χ1n) is 6.33. The fraction of sp³-hybridized carbons (Fsp3) is 0.267. The molecule has 0 aliphatic carbocycles. The van der Waals surface area contributed by atoms with Crippen molar-refractivity contribution in [3.05, 3.63) is 51.4 Å². The van der Waals surface area contributed by atoms with Crippen LogP contribution >= 0.6 is 0 Å². The highest BCUT2D eigenvalue weighted by Gasteiger charge is 2.31. The lowest BCUT2D eigenvalue weighted by atomic mass is 9.81. The first kappa shape index (κ1) is 14.4. The molecule has 2 aromatic rings. The van der Waals surface area contributed by atoms with E-state index in [2.05, 4.69) is 10.2 Å². The highest BCUT2D eigenvalue weighted by molar-refractivity contribution is 5.45. The Kier molecular flexibility index (Phi) is 4.10. The fourth-order valence-electron chi connectivity index (χ4n) is 2.43. The van der Waals surface area contributed by atoms with Crippen molar-refractivity contribution in [2.24, 2.45) is 5.92 Å². The molecule has 1 aromatic carbocycles. The molecule has 0 bridgehead atoms. The van der Waals surface area contributed by atoms with Gasteiger partial charge in [0.15, 0.2) is 0 Å². The predicted octanol–water partition coefficient (Wildman–Crippen LogP) is 1.82. The number of benzene rings is 1. The number of hydrogen-bond donors (Lipinski definition) is 2. The summed E-state index contributed by atoms with van der Waals surface area (Å²) in [4.78, 5) is 12.0. The third-order valence-corrected chi connectivity index (χ3v) is 3.41. The van der Waals surface area contributed by atoms with E-state index >= 15 is 0 Å². The number of para-hydroxylation sites is 1. The zero-order valence-corrected chi connectivity index (χ0v) is 11.7. The van der Waals surface area contributed by atoms with Gasteiger partial charge in [-0.3, -0.25) is 9.89 Å². The van der Waals surface area contributed by atoms with Gasteiger partial charge in [-0.25, -0.2) is 0 Å². The van der Waals surface area contributed by atoms with E-state index in [1.165, 1.54) is 7.11 Å². The number of aromatic nitrogens is 2. The summed E-state index contributed by atoms with van der Waals surface area (Å²) in [5.41, 5.74) is 1.29. The second-order valence-corrected chi connectivity index (χ2v) is 4.57. The van der Waals surface area contributed by atoms with Crippen LogP contribution in [0.5, 0.6) is 5.75 Å². The molecule has 0 amide bonds. The number of H-pyrrole nitrogens is 2. The van der Waals surface area contributed by atoms with Gasteiger partial charge in [-0.05, 0) is 13.0 Å². The number of rotatable bonds is 4. The number of hydrogen-bond acceptors (Lipinski definition) is 4. The molecule has 6 heteroatoms. The van der Waals surface area contributed by atoms with Gasteiger partial charge in [-0.1, -0.05) is 18.2 Å². The van der Waals surface area contributed by atoms with E-state index in [1.54, 1.807) is 31.2 Å². The number of nitriles is 2. The van der Waals surface area contributed by atoms with Crippen LogP contribution in [-0.2, 0) is 0 Å². The molecular formula is C15H14N4O2. The van der Waals surface area contributed by atoms with Gasteiger partial charge in [0.05, 0.1) is 19.2 Å². The molecule has 1 aromatic heterocycles. The summed E-state index contributed by atoms with van der Waals surface area (Å²) in [5, 5.41) is 23.8. The van der Waals surface area contributed by atoms with Crippen LogP contribution in [0, 0.1) is 35.5 Å². The maximum atomic E-state index is 12.0. The highest BCUT2D eigenvalue weighted by atomic mass is 16.5. The molecule has 21 heavy (non-hydrogen) atoms. The van der Waals surface area contributed by atoms with Crippen molar-refractivity contribution in [3.8, 4) is 17.9 Å². The third kappa shape index (κ3) is 2.52. The van der Waals surface area contributed by atoms with Crippen LogP contribution in [0.15, 0.2) is 29.1 Å². The Balaban J connectivity index is 2.72. The highest BCUT2D eigenvalue weighted by Crippen LogP contribution is 2.36. The van der Waals surface area contributed by atoms with Crippen molar-refractivity contribution in [1.82, 2.24) is 10.2 Å². The normalized spacial score (nSPS) is 11.7. The number of nitrogens with zero attached hydrogens (tertiary/aromatic N) is 2. The molecule has 1 atom stereocenters. The minimum atomic E-state index is -0.989. The molecule has 0 saturated heterocycles. The van der Waals surface area contributed by atoms with Crippen LogP contribution in [0.4, 0.5) is 0 Å². The maximum Gasteiger partial charge on any atom is 0.268 e. The monoisotopic (exact) mass is 282 g/mol. The Morgan fingerprint density at radius 1 is 1.19 bits per heavy atom. The SMILES string of the molecule is COc1ccccc1[C@@H](c1c(C)[nH][nH]c1=O)C(C#N)C#N. The molecular weight excluding hydrogens is 268 g/mol. The average Bonchev–Trinajstić information content (AvgIpc) is 2.84. The first-order chi connectivity index (χ1) is 10.1. The van der Waals surface area contributed by atoms with E-state index in [1.807, 2.05) is 12.1 Å². The second-order valence-electron chi connectivity index (χ2n) is 4.57. The molecule has 0 unspecified atom stereocenters. The van der Waals surface area contributed by atoms with Crippen LogP contribution in [-0.4, -0.2) is 17.3 Å². The van der Waals surface area contributed by atoms with E-state index in [-0.39, 0.29) is 5.56 Å². The predicted molar refractivity (Wildman–Crippen MR) is 75.7 cm³/mol. The minimum Gasteiger partial charge on any atom is -0.496 e. The van der Waals surface area contributed by atoms with E-state index < -0.39 is 11.8 Å². The van der Waals surface area contributed by atoms with Crippen molar-refractivity contribution in [3.63, 3.8) is 0 Å². The molecule has 2 rings (SSSR count). The van der Waals surface area contributed by atoms with Gasteiger partial charge < -0.3 is 9.84 Å². The van der Waals surface area contributed by atoms with Crippen LogP contribution in [0.1, 0.15) is 22.7 Å². The van der Waals surface area contributed by atoms with Crippen LogP contribution in [0.25, 0.3) is 0 Å². The summed E-state index contributed by atoms with van der Waals surface area (Å²) < 4.78 is 5.30. The largest absolute Gasteiger partial charge is 0.496 e. The summed E-state index contributed by atoms with van der Waals surface area (Å²) in [6.07, 6.45) is 0. The molecule has 0 spiro atoms. The van der Waals surface area contributed by atoms with Crippen LogP contribution in [0.2, 0.25) is 0 Å². The van der Waals surface area contributed by atoms with Crippen molar-refractivity contribution in [1.29, 1.82) is 10.5 Å². The third-order valence-electron chi connectivity index (χ3n) is 3.41. The number of aryl methyl sites for hydroxylation is 1. The first-order valence-corrected chi connectivity index (χ1v) is 6.33. The Morgan fingerprint density at radius 2 is 1.86 bits per heavy atom. The van der Waals surface area contributed by atoms with Crippen molar-refractivity contribution >= 4 is 0 Å². The van der Waals surface area contributed by atoms with Gasteiger partial charge in [0, 0.05) is 22.7 Å². The average molecular weight is 282 g/mol. The molecule has 0 fully saturated rings. The number of nitrogens with one attached hydrogen (secondary N) is 2. The van der Waals surface area contributed by atoms with Gasteiger partial charge in [-0.15, -0.1) is 0 Å². The quantitative estimate of drug-likeness (QED) is 0.892. The summed E-state index contributed by atoms with van der Waals surface area (Å²) in [6.45, 7) is 1.72. The van der Waals surface area contributed by atoms with Crippen molar-refractivity contribution in [2.75, 3.05) is 7.11 Å². The van der Waals surface area contributed by atoms with E-state index in [4.69, 9.17) is 4.74 Å². The molecule has 0 aliphatic rings. The molecule has 106 valence electrons. The lowest BCUT2D eigenvalue weighted by Gasteiger charge is -2.19. The smallest absolute Gasteiger partial charge is 0.268 e. The molecule has 2 N–H and O–H groups in total. The van der Waals surface area contributed by atoms with Crippen molar-refractivity contribution < 1.29 is 4.74 Å². The second kappa shape index (κ2) is 5.98. The summed E-state index contributed by atoms with van der Waals surface area (Å²) in [5.74, 6) is -1.12. The lowest BCUT2D eigenvalue weighted by molar-refractivity contribution is 0.406. The Labute approximate surface area is 121 Å². The lowest BCUT2D eigenvalue weighted by Crippen LogP contribution is -2.20. The Bertz CT molecular complexity index is 762. The van der Waals surface area contributed by atoms with Crippen LogP contribution in [0.3, 0.4) is 0 Å². The molecule has 6 nitrogen and oxygen atoms in total. The molecule has 0 aliphatic heterocycles. The zero-order chi connectivity index (χ0) is 15.4. The number of methoxy groups -OCH3 is 1. The van der Waals surface area contributed by atoms with Gasteiger partial charge in [0.25, 0.3) is 5.56 Å². The van der Waals surface area contributed by atoms with E-state index in [0.717, 1.165) is 0 Å². The number of ether oxygens (including phenoxy) is 1. The van der Waals surface area contributed by atoms with Crippen LogP contribution < -0.4 is 10.3 Å². The van der Waals surface area contributed by atoms with Gasteiger partial charge in [0.2, 0.25) is 0 Å². The number of aromatic amines is 2. The molecule has 0 saturated carbocycles. The van der Waals surface area contributed by atoms with Crippen molar-refractivity contribution in [2.45, 2.75) is 12.8 Å². The molecule has 0 radical (unpaired) electrons. The maximum absolute atomic E-state index is 12.0. The molecule has 1 heterocycles. The zero-order valence-electron chi connectivity index (χ0n) is 11.7. The summed E-state index contributed by atoms with van der Waals surface area (Å²) in [7, 11) is 1.51. The van der Waals surface area contributed by atoms with E-state index in [9.17, 15) is 15.3 Å². The fourth-order valence-corrected chi connectivity index (χ4v) is 2.43. The standard InChI is InChI=1S/C15H14N4O2/c1-9-13(15(20)19-18-9)14(10(7-16)8-17)11-5-3-4-6-12(11)21-2/h3-6,10,14H,1-2H3,(H2,18,19,20)/t14-/m0/s1. The topological polar surface area (TPSA) is 105 Å².